The second-order valence-corrected chi connectivity index (χ2v) is 3.91. The van der Waals surface area contributed by atoms with Crippen molar-refractivity contribution < 1.29 is 4.42 Å². The second kappa shape index (κ2) is 5.47. The fourth-order valence-corrected chi connectivity index (χ4v) is 1.71. The molecule has 2 heterocycles. The number of nitrogens with two attached hydrogens (primary N) is 1. The highest BCUT2D eigenvalue weighted by atomic mass is 16.3. The number of hydrogen-bond acceptors (Lipinski definition) is 5. The first-order valence-corrected chi connectivity index (χ1v) is 5.41. The van der Waals surface area contributed by atoms with Crippen molar-refractivity contribution in [1.29, 1.82) is 0 Å². The lowest BCUT2D eigenvalue weighted by molar-refractivity contribution is 0.288. The zero-order valence-corrected chi connectivity index (χ0v) is 9.76. The predicted octanol–water partition coefficient (Wildman–Crippen LogP) is 1.59. The summed E-state index contributed by atoms with van der Waals surface area (Å²) in [5, 5.41) is 0. The van der Waals surface area contributed by atoms with E-state index in [4.69, 9.17) is 10.3 Å². The molecule has 0 saturated carbocycles. The molecule has 2 aromatic heterocycles. The molecule has 2 rings (SSSR count). The summed E-state index contributed by atoms with van der Waals surface area (Å²) in [6.45, 7) is 1.51. The molecule has 90 valence electrons. The van der Waals surface area contributed by atoms with E-state index in [0.29, 0.717) is 5.82 Å². The van der Waals surface area contributed by atoms with Crippen LogP contribution in [0.2, 0.25) is 0 Å². The summed E-state index contributed by atoms with van der Waals surface area (Å²) in [5.41, 5.74) is 3.66. The van der Waals surface area contributed by atoms with Crippen LogP contribution in [0, 0.1) is 0 Å². The normalized spacial score (nSPS) is 10.8. The Labute approximate surface area is 100 Å². The standard InChI is InChI=1S/C12H16N4O/c1-16(9-11-5-3-7-17-11)8-10-4-2-6-14-12(10)15-13/h2-7H,8-9,13H2,1H3,(H,14,15). The molecule has 0 aliphatic rings. The van der Waals surface area contributed by atoms with Crippen molar-refractivity contribution in [2.45, 2.75) is 13.1 Å². The minimum absolute atomic E-state index is 0.707. The van der Waals surface area contributed by atoms with Gasteiger partial charge >= 0.3 is 0 Å². The number of nitrogens with one attached hydrogen (secondary N) is 1. The average Bonchev–Trinajstić information content (AvgIpc) is 2.82. The zero-order valence-electron chi connectivity index (χ0n) is 9.76. The fourth-order valence-electron chi connectivity index (χ4n) is 1.71. The molecule has 0 aliphatic heterocycles. The third-order valence-electron chi connectivity index (χ3n) is 2.47. The lowest BCUT2D eigenvalue weighted by atomic mass is 10.2. The average molecular weight is 232 g/mol. The number of hydrazine groups is 1. The van der Waals surface area contributed by atoms with Crippen molar-refractivity contribution in [3.63, 3.8) is 0 Å². The summed E-state index contributed by atoms with van der Waals surface area (Å²) in [5.74, 6) is 7.06. The largest absolute Gasteiger partial charge is 0.468 e. The molecule has 0 fully saturated rings. The van der Waals surface area contributed by atoms with Gasteiger partial charge in [0.25, 0.3) is 0 Å². The number of furan rings is 1. The maximum Gasteiger partial charge on any atom is 0.144 e. The molecule has 3 N–H and O–H groups in total. The minimum atomic E-state index is 0.707. The molecule has 0 atom stereocenters. The third-order valence-corrected chi connectivity index (χ3v) is 2.47. The predicted molar refractivity (Wildman–Crippen MR) is 65.9 cm³/mol. The van der Waals surface area contributed by atoms with Crippen molar-refractivity contribution in [3.05, 3.63) is 48.0 Å². The van der Waals surface area contributed by atoms with Crippen LogP contribution in [0.3, 0.4) is 0 Å². The van der Waals surface area contributed by atoms with Crippen LogP contribution in [0.15, 0.2) is 41.1 Å². The van der Waals surface area contributed by atoms with Gasteiger partial charge in [-0.15, -0.1) is 0 Å². The Bertz CT molecular complexity index is 455. The van der Waals surface area contributed by atoms with Crippen LogP contribution in [0.25, 0.3) is 0 Å². The van der Waals surface area contributed by atoms with E-state index >= 15 is 0 Å². The van der Waals surface area contributed by atoms with E-state index in [0.717, 1.165) is 24.4 Å². The Hall–Kier alpha value is -1.85. The number of pyridine rings is 1. The van der Waals surface area contributed by atoms with Crippen LogP contribution in [-0.4, -0.2) is 16.9 Å². The van der Waals surface area contributed by atoms with Gasteiger partial charge in [0.1, 0.15) is 11.6 Å². The highest BCUT2D eigenvalue weighted by molar-refractivity contribution is 5.42. The summed E-state index contributed by atoms with van der Waals surface area (Å²) in [7, 11) is 2.02. The van der Waals surface area contributed by atoms with E-state index in [1.165, 1.54) is 0 Å². The van der Waals surface area contributed by atoms with Gasteiger partial charge in [-0.2, -0.15) is 0 Å². The Balaban J connectivity index is 2.00. The minimum Gasteiger partial charge on any atom is -0.468 e. The van der Waals surface area contributed by atoms with Crippen LogP contribution in [0.5, 0.6) is 0 Å². The quantitative estimate of drug-likeness (QED) is 0.605. The molecule has 0 saturated heterocycles. The van der Waals surface area contributed by atoms with Gasteiger partial charge in [0.2, 0.25) is 0 Å². The van der Waals surface area contributed by atoms with Crippen LogP contribution in [0.4, 0.5) is 5.82 Å². The van der Waals surface area contributed by atoms with Crippen molar-refractivity contribution in [3.8, 4) is 0 Å². The fraction of sp³-hybridized carbons (Fsp3) is 0.250. The zero-order chi connectivity index (χ0) is 12.1. The second-order valence-electron chi connectivity index (χ2n) is 3.91. The summed E-state index contributed by atoms with van der Waals surface area (Å²) >= 11 is 0. The first kappa shape index (κ1) is 11.6. The lowest BCUT2D eigenvalue weighted by Gasteiger charge is -2.16. The molecule has 0 aromatic carbocycles. The smallest absolute Gasteiger partial charge is 0.144 e. The maximum absolute atomic E-state index is 5.41. The summed E-state index contributed by atoms with van der Waals surface area (Å²) in [4.78, 5) is 6.30. The molecule has 0 aliphatic carbocycles. The van der Waals surface area contributed by atoms with E-state index in [1.54, 1.807) is 12.5 Å². The van der Waals surface area contributed by atoms with E-state index in [1.807, 2.05) is 31.3 Å². The van der Waals surface area contributed by atoms with E-state index in [-0.39, 0.29) is 0 Å². The third kappa shape index (κ3) is 3.05. The maximum atomic E-state index is 5.41. The Kier molecular flexibility index (Phi) is 3.74. The Morgan fingerprint density at radius 2 is 2.24 bits per heavy atom. The van der Waals surface area contributed by atoms with Gasteiger partial charge in [-0.05, 0) is 25.2 Å². The van der Waals surface area contributed by atoms with Crippen molar-refractivity contribution >= 4 is 5.82 Å². The van der Waals surface area contributed by atoms with Gasteiger partial charge in [0.05, 0.1) is 12.8 Å². The van der Waals surface area contributed by atoms with Crippen LogP contribution in [-0.2, 0) is 13.1 Å². The molecule has 17 heavy (non-hydrogen) atoms. The summed E-state index contributed by atoms with van der Waals surface area (Å²) < 4.78 is 5.30. The molecule has 5 nitrogen and oxygen atoms in total. The number of nitrogens with zero attached hydrogens (tertiary/aromatic N) is 2. The highest BCUT2D eigenvalue weighted by Crippen LogP contribution is 2.13. The SMILES string of the molecule is CN(Cc1ccco1)Cc1cccnc1NN. The highest BCUT2D eigenvalue weighted by Gasteiger charge is 2.07. The van der Waals surface area contributed by atoms with Gasteiger partial charge in [0, 0.05) is 18.3 Å². The van der Waals surface area contributed by atoms with E-state index in [2.05, 4.69) is 15.3 Å². The molecule has 0 unspecified atom stereocenters. The Morgan fingerprint density at radius 1 is 1.35 bits per heavy atom. The molecule has 5 heteroatoms. The van der Waals surface area contributed by atoms with Crippen LogP contribution < -0.4 is 11.3 Å². The van der Waals surface area contributed by atoms with Crippen LogP contribution >= 0.6 is 0 Å². The number of aromatic nitrogens is 1. The van der Waals surface area contributed by atoms with E-state index in [9.17, 15) is 0 Å². The van der Waals surface area contributed by atoms with Crippen molar-refractivity contribution in [2.24, 2.45) is 5.84 Å². The molecule has 0 spiro atoms. The van der Waals surface area contributed by atoms with Gasteiger partial charge in [-0.3, -0.25) is 4.90 Å². The van der Waals surface area contributed by atoms with Gasteiger partial charge in [0.15, 0.2) is 0 Å². The Morgan fingerprint density at radius 3 is 2.94 bits per heavy atom. The molecule has 0 radical (unpaired) electrons. The van der Waals surface area contributed by atoms with Crippen LogP contribution in [0.1, 0.15) is 11.3 Å². The number of rotatable bonds is 5. The molecule has 0 amide bonds. The van der Waals surface area contributed by atoms with E-state index < -0.39 is 0 Å². The monoisotopic (exact) mass is 232 g/mol. The summed E-state index contributed by atoms with van der Waals surface area (Å²) in [6, 6.07) is 7.75. The van der Waals surface area contributed by atoms with Gasteiger partial charge < -0.3 is 9.84 Å². The molecular formula is C12H16N4O. The first-order valence-electron chi connectivity index (χ1n) is 5.41. The molecular weight excluding hydrogens is 216 g/mol. The number of nitrogen functional groups attached to an aromatic ring is 1. The van der Waals surface area contributed by atoms with Crippen molar-refractivity contribution in [2.75, 3.05) is 12.5 Å². The number of hydrogen-bond donors (Lipinski definition) is 2. The van der Waals surface area contributed by atoms with Gasteiger partial charge in [-0.25, -0.2) is 10.8 Å². The summed E-state index contributed by atoms with van der Waals surface area (Å²) in [6.07, 6.45) is 3.39. The lowest BCUT2D eigenvalue weighted by Crippen LogP contribution is -2.19. The van der Waals surface area contributed by atoms with Crippen molar-refractivity contribution in [1.82, 2.24) is 9.88 Å². The number of anilines is 1. The topological polar surface area (TPSA) is 67.3 Å². The first-order chi connectivity index (χ1) is 8.29. The van der Waals surface area contributed by atoms with Gasteiger partial charge in [-0.1, -0.05) is 6.07 Å². The molecule has 2 aromatic rings. The molecule has 0 bridgehead atoms.